The minimum absolute atomic E-state index is 0.408. The number of alkyl halides is 3. The van der Waals surface area contributed by atoms with Gasteiger partial charge in [0.1, 0.15) is 5.82 Å². The molecule has 0 radical (unpaired) electrons. The predicted molar refractivity (Wildman–Crippen MR) is 134 cm³/mol. The van der Waals surface area contributed by atoms with Crippen LogP contribution in [0.4, 0.5) is 13.2 Å². The van der Waals surface area contributed by atoms with Gasteiger partial charge in [0.25, 0.3) is 0 Å². The molecule has 0 bridgehead atoms. The maximum Gasteiger partial charge on any atom is 0.416 e. The van der Waals surface area contributed by atoms with Crippen LogP contribution < -0.4 is 4.74 Å². The van der Waals surface area contributed by atoms with Crippen LogP contribution in [0.3, 0.4) is 0 Å². The van der Waals surface area contributed by atoms with Crippen LogP contribution in [-0.4, -0.2) is 46.6 Å². The van der Waals surface area contributed by atoms with Crippen LogP contribution in [0, 0.1) is 12.8 Å². The number of nitrogens with zero attached hydrogens (tertiary/aromatic N) is 3. The van der Waals surface area contributed by atoms with Gasteiger partial charge >= 0.3 is 6.18 Å². The van der Waals surface area contributed by atoms with Crippen LogP contribution in [0.2, 0.25) is 0 Å². The molecule has 3 heterocycles. The molecule has 0 atom stereocenters. The smallest absolute Gasteiger partial charge is 0.416 e. The number of hydrogen-bond acceptors (Lipinski definition) is 4. The van der Waals surface area contributed by atoms with Gasteiger partial charge in [0.15, 0.2) is 0 Å². The van der Waals surface area contributed by atoms with Crippen LogP contribution >= 0.6 is 15.9 Å². The summed E-state index contributed by atoms with van der Waals surface area (Å²) in [5.41, 5.74) is 1.61. The number of H-pyrrole nitrogens is 1. The summed E-state index contributed by atoms with van der Waals surface area (Å²) in [7, 11) is 2.18. The zero-order valence-electron chi connectivity index (χ0n) is 20.0. The number of unbranched alkanes of at least 4 members (excludes halogenated alkanes) is 1. The molecule has 4 rings (SSSR count). The number of pyridine rings is 1. The van der Waals surface area contributed by atoms with E-state index < -0.39 is 11.7 Å². The van der Waals surface area contributed by atoms with Crippen molar-refractivity contribution in [3.05, 3.63) is 52.3 Å². The fourth-order valence-corrected chi connectivity index (χ4v) is 4.86. The molecular weight excluding hydrogens is 521 g/mol. The van der Waals surface area contributed by atoms with Gasteiger partial charge in [-0.25, -0.2) is 9.97 Å². The summed E-state index contributed by atoms with van der Waals surface area (Å²) in [6, 6.07) is 7.00. The predicted octanol–water partition coefficient (Wildman–Crippen LogP) is 7.12. The van der Waals surface area contributed by atoms with Crippen molar-refractivity contribution in [2.45, 2.75) is 45.2 Å². The number of aromatic amines is 1. The molecule has 0 saturated carbocycles. The van der Waals surface area contributed by atoms with Gasteiger partial charge in [-0.05, 0) is 86.7 Å². The number of ether oxygens (including phenoxy) is 1. The molecule has 35 heavy (non-hydrogen) atoms. The van der Waals surface area contributed by atoms with E-state index >= 15 is 0 Å². The fourth-order valence-electron chi connectivity index (χ4n) is 4.45. The zero-order chi connectivity index (χ0) is 25.0. The molecule has 0 unspecified atom stereocenters. The number of aromatic nitrogens is 3. The van der Waals surface area contributed by atoms with Crippen molar-refractivity contribution in [3.63, 3.8) is 0 Å². The van der Waals surface area contributed by atoms with E-state index in [1.165, 1.54) is 38.4 Å². The van der Waals surface area contributed by atoms with Gasteiger partial charge in [-0.3, -0.25) is 0 Å². The molecule has 1 aliphatic rings. The lowest BCUT2D eigenvalue weighted by molar-refractivity contribution is -0.137. The first kappa shape index (κ1) is 25.7. The quantitative estimate of drug-likeness (QED) is 0.303. The second-order valence-electron chi connectivity index (χ2n) is 9.23. The first-order valence-electron chi connectivity index (χ1n) is 11.9. The van der Waals surface area contributed by atoms with Crippen LogP contribution in [0.5, 0.6) is 5.88 Å². The van der Waals surface area contributed by atoms with Crippen molar-refractivity contribution >= 4 is 15.9 Å². The SMILES string of the molecule is Cc1[nH]c(-c2cc(OCCCCC3CCN(C)CC3)ncc2Br)nc1-c1cccc(C(F)(F)F)c1. The number of hydrogen-bond donors (Lipinski definition) is 1. The fraction of sp³-hybridized carbons (Fsp3) is 0.462. The van der Waals surface area contributed by atoms with E-state index in [0.717, 1.165) is 40.9 Å². The number of piperidine rings is 1. The minimum atomic E-state index is -4.41. The van der Waals surface area contributed by atoms with Crippen molar-refractivity contribution in [2.75, 3.05) is 26.7 Å². The van der Waals surface area contributed by atoms with Gasteiger partial charge in [0, 0.05) is 33.6 Å². The highest BCUT2D eigenvalue weighted by atomic mass is 79.9. The summed E-state index contributed by atoms with van der Waals surface area (Å²) in [5.74, 6) is 1.85. The number of likely N-dealkylation sites (tertiary alicyclic amines) is 1. The van der Waals surface area contributed by atoms with E-state index in [1.54, 1.807) is 25.3 Å². The van der Waals surface area contributed by atoms with Crippen molar-refractivity contribution in [2.24, 2.45) is 5.92 Å². The number of rotatable bonds is 8. The summed E-state index contributed by atoms with van der Waals surface area (Å²) in [5, 5.41) is 0. The van der Waals surface area contributed by atoms with E-state index in [-0.39, 0.29) is 0 Å². The third-order valence-corrected chi connectivity index (χ3v) is 7.16. The minimum Gasteiger partial charge on any atom is -0.478 e. The standard InChI is InChI=1S/C26H30BrF3N4O/c1-17-24(19-7-5-8-20(14-19)26(28,29)30)33-25(32-17)21-15-23(31-16-22(21)27)35-13-4-3-6-18-9-11-34(2)12-10-18/h5,7-8,14-16,18H,3-4,6,9-13H2,1-2H3,(H,32,33). The second-order valence-corrected chi connectivity index (χ2v) is 10.1. The highest BCUT2D eigenvalue weighted by Gasteiger charge is 2.30. The molecule has 1 fully saturated rings. The van der Waals surface area contributed by atoms with Crippen LogP contribution in [0.25, 0.3) is 22.6 Å². The van der Waals surface area contributed by atoms with Crippen LogP contribution in [-0.2, 0) is 6.18 Å². The van der Waals surface area contributed by atoms with Gasteiger partial charge in [0.05, 0.1) is 17.9 Å². The van der Waals surface area contributed by atoms with Gasteiger partial charge in [-0.15, -0.1) is 0 Å². The summed E-state index contributed by atoms with van der Waals surface area (Å²) in [6.07, 6.45) is 3.15. The van der Waals surface area contributed by atoms with Crippen LogP contribution in [0.1, 0.15) is 43.4 Å². The topological polar surface area (TPSA) is 54.0 Å². The second kappa shape index (κ2) is 11.1. The van der Waals surface area contributed by atoms with Gasteiger partial charge in [-0.2, -0.15) is 13.2 Å². The Hall–Kier alpha value is -2.39. The molecule has 3 aromatic rings. The van der Waals surface area contributed by atoms with Gasteiger partial charge < -0.3 is 14.6 Å². The van der Waals surface area contributed by atoms with E-state index in [1.807, 2.05) is 0 Å². The lowest BCUT2D eigenvalue weighted by Crippen LogP contribution is -2.30. The van der Waals surface area contributed by atoms with Crippen molar-refractivity contribution in [1.82, 2.24) is 19.9 Å². The molecule has 0 spiro atoms. The van der Waals surface area contributed by atoms with Gasteiger partial charge in [0.2, 0.25) is 5.88 Å². The number of nitrogens with one attached hydrogen (secondary N) is 1. The monoisotopic (exact) mass is 550 g/mol. The first-order valence-corrected chi connectivity index (χ1v) is 12.7. The summed E-state index contributed by atoms with van der Waals surface area (Å²) < 4.78 is 46.1. The Morgan fingerprint density at radius 3 is 2.69 bits per heavy atom. The number of halogens is 4. The Bertz CT molecular complexity index is 1140. The highest BCUT2D eigenvalue weighted by Crippen LogP contribution is 2.35. The van der Waals surface area contributed by atoms with Crippen molar-refractivity contribution in [3.8, 4) is 28.5 Å². The largest absolute Gasteiger partial charge is 0.478 e. The molecule has 1 saturated heterocycles. The Balaban J connectivity index is 1.40. The molecule has 5 nitrogen and oxygen atoms in total. The Kier molecular flexibility index (Phi) is 8.16. The third kappa shape index (κ3) is 6.64. The summed E-state index contributed by atoms with van der Waals surface area (Å²) >= 11 is 3.51. The number of benzene rings is 1. The maximum absolute atomic E-state index is 13.2. The number of imidazole rings is 1. The molecule has 1 N–H and O–H groups in total. The zero-order valence-corrected chi connectivity index (χ0v) is 21.5. The van der Waals surface area contributed by atoms with E-state index in [9.17, 15) is 13.2 Å². The average Bonchev–Trinajstić information content (AvgIpc) is 3.22. The van der Waals surface area contributed by atoms with E-state index in [2.05, 4.69) is 42.8 Å². The Morgan fingerprint density at radius 2 is 1.94 bits per heavy atom. The summed E-state index contributed by atoms with van der Waals surface area (Å²) in [4.78, 5) is 14.5. The summed E-state index contributed by atoms with van der Waals surface area (Å²) in [6.45, 7) is 4.76. The highest BCUT2D eigenvalue weighted by molar-refractivity contribution is 9.10. The first-order chi connectivity index (χ1) is 16.7. The molecule has 9 heteroatoms. The van der Waals surface area contributed by atoms with E-state index in [4.69, 9.17) is 4.74 Å². The molecular formula is C26H30BrF3N4O. The lowest BCUT2D eigenvalue weighted by atomic mass is 9.92. The Morgan fingerprint density at radius 1 is 1.17 bits per heavy atom. The van der Waals surface area contributed by atoms with Crippen molar-refractivity contribution in [1.29, 1.82) is 0 Å². The lowest BCUT2D eigenvalue weighted by Gasteiger charge is -2.28. The molecule has 1 aliphatic heterocycles. The van der Waals surface area contributed by atoms with Crippen LogP contribution in [0.15, 0.2) is 41.0 Å². The molecule has 2 aromatic heterocycles. The molecule has 1 aromatic carbocycles. The normalized spacial score (nSPS) is 15.5. The maximum atomic E-state index is 13.2. The molecule has 188 valence electrons. The van der Waals surface area contributed by atoms with E-state index in [0.29, 0.717) is 35.3 Å². The van der Waals surface area contributed by atoms with Gasteiger partial charge in [-0.1, -0.05) is 18.6 Å². The average molecular weight is 551 g/mol. The van der Waals surface area contributed by atoms with Crippen molar-refractivity contribution < 1.29 is 17.9 Å². The Labute approximate surface area is 212 Å². The molecule has 0 aliphatic carbocycles. The molecule has 0 amide bonds. The third-order valence-electron chi connectivity index (χ3n) is 6.53. The number of aryl methyl sites for hydroxylation is 1.